The number of carbonyl (C=O) groups is 1. The van der Waals surface area contributed by atoms with E-state index in [4.69, 9.17) is 11.6 Å². The number of rotatable bonds is 6. The molecule has 146 valence electrons. The van der Waals surface area contributed by atoms with E-state index in [0.29, 0.717) is 23.4 Å². The first-order chi connectivity index (χ1) is 13.3. The summed E-state index contributed by atoms with van der Waals surface area (Å²) in [5.41, 5.74) is 2.65. The van der Waals surface area contributed by atoms with Crippen LogP contribution < -0.4 is 10.1 Å². The number of amides is 1. The molecular weight excluding hydrogens is 388 g/mol. The normalized spacial score (nSPS) is 10.9. The van der Waals surface area contributed by atoms with Crippen molar-refractivity contribution in [3.05, 3.63) is 76.1 Å². The fraction of sp³-hybridized carbons (Fsp3) is 0.200. The second-order valence-electron chi connectivity index (χ2n) is 6.19. The summed E-state index contributed by atoms with van der Waals surface area (Å²) in [6, 6.07) is 13.9. The number of carbonyl (C=O) groups excluding carboxylic acids is 1. The van der Waals surface area contributed by atoms with Gasteiger partial charge in [0.1, 0.15) is 10.9 Å². The Morgan fingerprint density at radius 1 is 1.25 bits per heavy atom. The fourth-order valence-corrected chi connectivity index (χ4v) is 3.16. The largest absolute Gasteiger partial charge is 0.435 e. The molecule has 0 unspecified atom stereocenters. The summed E-state index contributed by atoms with van der Waals surface area (Å²) in [6.45, 7) is -1.26. The Balaban J connectivity index is 1.89. The monoisotopic (exact) mass is 405 g/mol. The minimum Gasteiger partial charge on any atom is -0.435 e. The lowest BCUT2D eigenvalue weighted by atomic mass is 10.0. The van der Waals surface area contributed by atoms with Crippen LogP contribution in [0, 0.1) is 6.92 Å². The molecule has 8 heteroatoms. The van der Waals surface area contributed by atoms with E-state index in [-0.39, 0.29) is 16.5 Å². The zero-order chi connectivity index (χ0) is 20.3. The van der Waals surface area contributed by atoms with Crippen molar-refractivity contribution in [2.75, 3.05) is 5.32 Å². The Morgan fingerprint density at radius 3 is 2.57 bits per heavy atom. The highest BCUT2D eigenvalue weighted by Crippen LogP contribution is 2.28. The Bertz CT molecular complexity index is 991. The van der Waals surface area contributed by atoms with Gasteiger partial charge in [0, 0.05) is 24.7 Å². The molecule has 0 atom stereocenters. The van der Waals surface area contributed by atoms with Gasteiger partial charge in [-0.15, -0.1) is 0 Å². The zero-order valence-electron chi connectivity index (χ0n) is 15.2. The summed E-state index contributed by atoms with van der Waals surface area (Å²) in [5, 5.41) is 7.07. The smallest absolute Gasteiger partial charge is 0.387 e. The predicted octanol–water partition coefficient (Wildman–Crippen LogP) is 4.83. The van der Waals surface area contributed by atoms with Crippen LogP contribution in [-0.2, 0) is 13.5 Å². The topological polar surface area (TPSA) is 56.2 Å². The zero-order valence-corrected chi connectivity index (χ0v) is 16.0. The van der Waals surface area contributed by atoms with Crippen molar-refractivity contribution in [3.63, 3.8) is 0 Å². The highest BCUT2D eigenvalue weighted by atomic mass is 35.5. The van der Waals surface area contributed by atoms with Crippen LogP contribution in [0.2, 0.25) is 5.15 Å². The first-order valence-electron chi connectivity index (χ1n) is 8.47. The summed E-state index contributed by atoms with van der Waals surface area (Å²) in [7, 11) is 1.64. The summed E-state index contributed by atoms with van der Waals surface area (Å²) < 4.78 is 31.5. The Labute approximate surface area is 165 Å². The minimum atomic E-state index is -2.94. The van der Waals surface area contributed by atoms with Gasteiger partial charge in [0.05, 0.1) is 11.3 Å². The number of hydrogen-bond acceptors (Lipinski definition) is 3. The van der Waals surface area contributed by atoms with Crippen molar-refractivity contribution in [1.29, 1.82) is 0 Å². The lowest BCUT2D eigenvalue weighted by Gasteiger charge is -2.13. The van der Waals surface area contributed by atoms with Crippen LogP contribution in [0.25, 0.3) is 0 Å². The van der Waals surface area contributed by atoms with Crippen molar-refractivity contribution in [2.45, 2.75) is 20.0 Å². The third-order valence-electron chi connectivity index (χ3n) is 4.15. The molecule has 1 heterocycles. The quantitative estimate of drug-likeness (QED) is 0.639. The van der Waals surface area contributed by atoms with Crippen molar-refractivity contribution in [2.24, 2.45) is 7.05 Å². The minimum absolute atomic E-state index is 0.0624. The molecule has 1 aromatic heterocycles. The Morgan fingerprint density at radius 2 is 1.96 bits per heavy atom. The van der Waals surface area contributed by atoms with Crippen LogP contribution in [0.1, 0.15) is 27.2 Å². The molecule has 1 N–H and O–H groups in total. The summed E-state index contributed by atoms with van der Waals surface area (Å²) in [4.78, 5) is 12.6. The Kier molecular flexibility index (Phi) is 5.94. The number of aromatic nitrogens is 2. The lowest BCUT2D eigenvalue weighted by molar-refractivity contribution is -0.0503. The van der Waals surface area contributed by atoms with E-state index in [0.717, 1.165) is 5.56 Å². The van der Waals surface area contributed by atoms with E-state index in [1.165, 1.54) is 16.8 Å². The van der Waals surface area contributed by atoms with Gasteiger partial charge < -0.3 is 10.1 Å². The van der Waals surface area contributed by atoms with E-state index in [9.17, 15) is 13.6 Å². The van der Waals surface area contributed by atoms with Crippen molar-refractivity contribution in [3.8, 4) is 5.75 Å². The third-order valence-corrected chi connectivity index (χ3v) is 4.58. The number of hydrogen-bond donors (Lipinski definition) is 1. The van der Waals surface area contributed by atoms with E-state index >= 15 is 0 Å². The second-order valence-corrected chi connectivity index (χ2v) is 6.55. The Hall–Kier alpha value is -2.93. The van der Waals surface area contributed by atoms with Crippen LogP contribution in [0.5, 0.6) is 5.75 Å². The molecule has 1 amide bonds. The van der Waals surface area contributed by atoms with Crippen LogP contribution in [0.15, 0.2) is 48.5 Å². The molecule has 0 aliphatic carbocycles. The van der Waals surface area contributed by atoms with Crippen molar-refractivity contribution >= 4 is 23.2 Å². The van der Waals surface area contributed by atoms with Gasteiger partial charge in [0.2, 0.25) is 0 Å². The molecule has 0 aliphatic heterocycles. The van der Waals surface area contributed by atoms with Gasteiger partial charge >= 0.3 is 6.61 Å². The molecule has 3 rings (SSSR count). The molecule has 28 heavy (non-hydrogen) atoms. The number of nitrogens with one attached hydrogen (secondary N) is 1. The lowest BCUT2D eigenvalue weighted by Crippen LogP contribution is -2.14. The first kappa shape index (κ1) is 19.8. The van der Waals surface area contributed by atoms with Gasteiger partial charge in [0.15, 0.2) is 0 Å². The average Bonchev–Trinajstić information content (AvgIpc) is 2.90. The number of anilines is 1. The van der Waals surface area contributed by atoms with Crippen molar-refractivity contribution < 1.29 is 18.3 Å². The highest BCUT2D eigenvalue weighted by molar-refractivity contribution is 6.33. The van der Waals surface area contributed by atoms with E-state index in [1.807, 2.05) is 30.3 Å². The number of aryl methyl sites for hydroxylation is 2. The van der Waals surface area contributed by atoms with E-state index in [1.54, 1.807) is 20.0 Å². The van der Waals surface area contributed by atoms with Crippen LogP contribution in [0.4, 0.5) is 14.5 Å². The second kappa shape index (κ2) is 8.39. The fourth-order valence-electron chi connectivity index (χ4n) is 2.90. The number of ether oxygens (including phenoxy) is 1. The number of halogens is 3. The molecule has 0 saturated carbocycles. The van der Waals surface area contributed by atoms with Gasteiger partial charge in [-0.2, -0.15) is 13.9 Å². The van der Waals surface area contributed by atoms with Crippen molar-refractivity contribution in [1.82, 2.24) is 9.78 Å². The summed E-state index contributed by atoms with van der Waals surface area (Å²) in [5.74, 6) is -0.365. The van der Waals surface area contributed by atoms with Crippen LogP contribution in [0.3, 0.4) is 0 Å². The van der Waals surface area contributed by atoms with Crippen LogP contribution >= 0.6 is 11.6 Å². The summed E-state index contributed by atoms with van der Waals surface area (Å²) >= 11 is 6.13. The number of benzene rings is 2. The molecular formula is C20H18ClF2N3O2. The molecule has 0 radical (unpaired) electrons. The van der Waals surface area contributed by atoms with Gasteiger partial charge in [-0.25, -0.2) is 0 Å². The van der Waals surface area contributed by atoms with Gasteiger partial charge in [-0.3, -0.25) is 9.48 Å². The van der Waals surface area contributed by atoms with E-state index < -0.39 is 12.5 Å². The molecule has 0 bridgehead atoms. The molecule has 0 fully saturated rings. The van der Waals surface area contributed by atoms with Gasteiger partial charge in [0.25, 0.3) is 5.91 Å². The van der Waals surface area contributed by atoms with Gasteiger partial charge in [-0.1, -0.05) is 41.9 Å². The summed E-state index contributed by atoms with van der Waals surface area (Å²) in [6.07, 6.45) is 0.374. The van der Waals surface area contributed by atoms with Crippen LogP contribution in [-0.4, -0.2) is 22.3 Å². The maximum absolute atomic E-state index is 12.7. The molecule has 0 aliphatic rings. The number of alkyl halides is 2. The maximum atomic E-state index is 12.7. The number of nitrogens with zero attached hydrogens (tertiary/aromatic N) is 2. The molecule has 3 aromatic rings. The highest BCUT2D eigenvalue weighted by Gasteiger charge is 2.20. The molecule has 0 saturated heterocycles. The third kappa shape index (κ3) is 4.48. The predicted molar refractivity (Wildman–Crippen MR) is 103 cm³/mol. The average molecular weight is 406 g/mol. The molecule has 2 aromatic carbocycles. The van der Waals surface area contributed by atoms with Gasteiger partial charge in [-0.05, 0) is 30.7 Å². The van der Waals surface area contributed by atoms with E-state index in [2.05, 4.69) is 15.2 Å². The molecule has 5 nitrogen and oxygen atoms in total. The first-order valence-corrected chi connectivity index (χ1v) is 8.85. The SMILES string of the molecule is Cc1nn(C)c(Cl)c1C(=O)Nc1ccc(OC(F)F)c(Cc2ccccc2)c1. The molecule has 0 spiro atoms. The standard InChI is InChI=1S/C20H18ClF2N3O2/c1-12-17(18(21)26(2)25-12)19(27)24-15-8-9-16(28-20(22)23)14(11-15)10-13-6-4-3-5-7-13/h3-9,11,20H,10H2,1-2H3,(H,24,27). The maximum Gasteiger partial charge on any atom is 0.387 e.